The molecule has 0 aliphatic heterocycles. The van der Waals surface area contributed by atoms with Crippen molar-refractivity contribution in [3.63, 3.8) is 0 Å². The van der Waals surface area contributed by atoms with Crippen LogP contribution in [0.2, 0.25) is 0 Å². The minimum Gasteiger partial charge on any atom is -0.481 e. The maximum atomic E-state index is 10.4. The molecule has 0 saturated carbocycles. The molecule has 0 heterocycles. The van der Waals surface area contributed by atoms with Gasteiger partial charge in [0.2, 0.25) is 0 Å². The van der Waals surface area contributed by atoms with Crippen molar-refractivity contribution in [3.05, 3.63) is 12.2 Å². The molecule has 0 aromatic heterocycles. The summed E-state index contributed by atoms with van der Waals surface area (Å²) < 4.78 is 0. The van der Waals surface area contributed by atoms with Crippen LogP contribution < -0.4 is 0 Å². The Morgan fingerprint density at radius 2 is 1.93 bits per heavy atom. The van der Waals surface area contributed by atoms with Gasteiger partial charge < -0.3 is 5.11 Å². The minimum atomic E-state index is -0.713. The lowest BCUT2D eigenvalue weighted by molar-refractivity contribution is -0.137. The smallest absolute Gasteiger partial charge is 0.303 e. The molecule has 0 radical (unpaired) electrons. The van der Waals surface area contributed by atoms with E-state index >= 15 is 0 Å². The van der Waals surface area contributed by atoms with Crippen LogP contribution in [0.5, 0.6) is 0 Å². The van der Waals surface area contributed by atoms with Gasteiger partial charge in [-0.05, 0) is 18.8 Å². The molecule has 15 heavy (non-hydrogen) atoms. The molecule has 0 fully saturated rings. The van der Waals surface area contributed by atoms with Crippen molar-refractivity contribution < 1.29 is 9.90 Å². The fourth-order valence-corrected chi connectivity index (χ4v) is 1.54. The number of unbranched alkanes of at least 4 members (excludes halogenated alkanes) is 5. The summed E-state index contributed by atoms with van der Waals surface area (Å²) in [7, 11) is 0. The fourth-order valence-electron chi connectivity index (χ4n) is 1.54. The van der Waals surface area contributed by atoms with Crippen molar-refractivity contribution in [1.29, 1.82) is 0 Å². The second kappa shape index (κ2) is 9.75. The van der Waals surface area contributed by atoms with Crippen molar-refractivity contribution in [2.45, 2.75) is 58.8 Å². The predicted octanol–water partition coefficient (Wildman–Crippen LogP) is 4.01. The van der Waals surface area contributed by atoms with Crippen LogP contribution in [0.4, 0.5) is 0 Å². The number of aliphatic carboxylic acids is 1. The Hall–Kier alpha value is -0.790. The van der Waals surface area contributed by atoms with E-state index in [0.29, 0.717) is 0 Å². The van der Waals surface area contributed by atoms with Crippen molar-refractivity contribution >= 4 is 5.97 Å². The maximum Gasteiger partial charge on any atom is 0.303 e. The van der Waals surface area contributed by atoms with E-state index in [4.69, 9.17) is 5.11 Å². The molecular formula is C13H24O2. The van der Waals surface area contributed by atoms with E-state index in [2.05, 4.69) is 13.0 Å². The second-order valence-electron chi connectivity index (χ2n) is 4.21. The van der Waals surface area contributed by atoms with Gasteiger partial charge in [0, 0.05) is 0 Å². The van der Waals surface area contributed by atoms with E-state index < -0.39 is 5.97 Å². The maximum absolute atomic E-state index is 10.4. The molecule has 2 heteroatoms. The highest BCUT2D eigenvalue weighted by Gasteiger charge is 2.02. The Bertz CT molecular complexity index is 185. The van der Waals surface area contributed by atoms with Gasteiger partial charge in [-0.15, -0.1) is 0 Å². The van der Waals surface area contributed by atoms with Gasteiger partial charge in [0.15, 0.2) is 0 Å². The standard InChI is InChI=1S/C13H24O2/c1-3-4-5-6-7-8-9-10-12(2)11-13(14)15/h9-10,12H,3-8,11H2,1-2H3,(H,14,15)/b10-9+. The number of rotatable bonds is 9. The molecule has 0 aromatic rings. The molecule has 0 amide bonds. The van der Waals surface area contributed by atoms with E-state index in [-0.39, 0.29) is 12.3 Å². The number of allylic oxidation sites excluding steroid dienone is 2. The molecule has 0 spiro atoms. The van der Waals surface area contributed by atoms with Crippen LogP contribution >= 0.6 is 0 Å². The monoisotopic (exact) mass is 212 g/mol. The average Bonchev–Trinajstić information content (AvgIpc) is 2.15. The van der Waals surface area contributed by atoms with E-state index in [1.165, 1.54) is 32.1 Å². The number of carboxylic acids is 1. The van der Waals surface area contributed by atoms with Crippen molar-refractivity contribution in [3.8, 4) is 0 Å². The van der Waals surface area contributed by atoms with Gasteiger partial charge in [-0.25, -0.2) is 0 Å². The number of carbonyl (C=O) groups is 1. The topological polar surface area (TPSA) is 37.3 Å². The van der Waals surface area contributed by atoms with E-state index in [9.17, 15) is 4.79 Å². The molecule has 88 valence electrons. The fraction of sp³-hybridized carbons (Fsp3) is 0.769. The molecule has 2 nitrogen and oxygen atoms in total. The first-order valence-electron chi connectivity index (χ1n) is 6.05. The minimum absolute atomic E-state index is 0.165. The Morgan fingerprint density at radius 1 is 1.27 bits per heavy atom. The molecule has 0 saturated heterocycles. The summed E-state index contributed by atoms with van der Waals surface area (Å²) in [6, 6.07) is 0. The quantitative estimate of drug-likeness (QED) is 0.463. The summed E-state index contributed by atoms with van der Waals surface area (Å²) in [5, 5.41) is 8.55. The number of carboxylic acid groups (broad SMARTS) is 1. The highest BCUT2D eigenvalue weighted by Crippen LogP contribution is 2.08. The van der Waals surface area contributed by atoms with E-state index in [0.717, 1.165) is 6.42 Å². The van der Waals surface area contributed by atoms with Crippen LogP contribution in [0.15, 0.2) is 12.2 Å². The highest BCUT2D eigenvalue weighted by molar-refractivity contribution is 5.67. The zero-order chi connectivity index (χ0) is 11.5. The van der Waals surface area contributed by atoms with Crippen LogP contribution in [0.3, 0.4) is 0 Å². The lowest BCUT2D eigenvalue weighted by Crippen LogP contribution is -2.00. The lowest BCUT2D eigenvalue weighted by atomic mass is 10.1. The Kier molecular flexibility index (Phi) is 9.24. The van der Waals surface area contributed by atoms with E-state index in [1.807, 2.05) is 13.0 Å². The summed E-state index contributed by atoms with van der Waals surface area (Å²) in [5.41, 5.74) is 0. The Balaban J connectivity index is 3.33. The summed E-state index contributed by atoms with van der Waals surface area (Å²) in [6.07, 6.45) is 12.0. The lowest BCUT2D eigenvalue weighted by Gasteiger charge is -2.01. The van der Waals surface area contributed by atoms with Gasteiger partial charge in [-0.2, -0.15) is 0 Å². The molecule has 0 aliphatic rings. The Morgan fingerprint density at radius 3 is 2.53 bits per heavy atom. The normalized spacial score (nSPS) is 13.2. The second-order valence-corrected chi connectivity index (χ2v) is 4.21. The summed E-state index contributed by atoms with van der Waals surface area (Å²) in [5.74, 6) is -0.548. The molecule has 1 atom stereocenters. The molecule has 0 rings (SSSR count). The van der Waals surface area contributed by atoms with E-state index in [1.54, 1.807) is 0 Å². The largest absolute Gasteiger partial charge is 0.481 e. The van der Waals surface area contributed by atoms with Crippen molar-refractivity contribution in [2.24, 2.45) is 5.92 Å². The third-order valence-electron chi connectivity index (χ3n) is 2.44. The van der Waals surface area contributed by atoms with Crippen LogP contribution in [0.1, 0.15) is 58.8 Å². The SMILES string of the molecule is CCCCCCC/C=C/C(C)CC(=O)O. The molecule has 0 aliphatic carbocycles. The first-order chi connectivity index (χ1) is 7.16. The van der Waals surface area contributed by atoms with Crippen LogP contribution in [0.25, 0.3) is 0 Å². The first kappa shape index (κ1) is 14.2. The van der Waals surface area contributed by atoms with Gasteiger partial charge in [0.05, 0.1) is 6.42 Å². The number of hydrogen-bond acceptors (Lipinski definition) is 1. The van der Waals surface area contributed by atoms with Crippen LogP contribution in [-0.4, -0.2) is 11.1 Å². The first-order valence-corrected chi connectivity index (χ1v) is 6.05. The average molecular weight is 212 g/mol. The third-order valence-corrected chi connectivity index (χ3v) is 2.44. The van der Waals surface area contributed by atoms with Gasteiger partial charge in [0.25, 0.3) is 0 Å². The molecule has 0 aromatic carbocycles. The van der Waals surface area contributed by atoms with Crippen molar-refractivity contribution in [1.82, 2.24) is 0 Å². The van der Waals surface area contributed by atoms with Gasteiger partial charge in [-0.3, -0.25) is 4.79 Å². The highest BCUT2D eigenvalue weighted by atomic mass is 16.4. The summed E-state index contributed by atoms with van der Waals surface area (Å²) in [6.45, 7) is 4.16. The van der Waals surface area contributed by atoms with Crippen LogP contribution in [-0.2, 0) is 4.79 Å². The molecule has 0 bridgehead atoms. The van der Waals surface area contributed by atoms with Gasteiger partial charge >= 0.3 is 5.97 Å². The van der Waals surface area contributed by atoms with Gasteiger partial charge in [0.1, 0.15) is 0 Å². The Labute approximate surface area is 93.4 Å². The summed E-state index contributed by atoms with van der Waals surface area (Å²) >= 11 is 0. The molecule has 1 N–H and O–H groups in total. The summed E-state index contributed by atoms with van der Waals surface area (Å²) in [4.78, 5) is 10.4. The predicted molar refractivity (Wildman–Crippen MR) is 63.9 cm³/mol. The van der Waals surface area contributed by atoms with Gasteiger partial charge in [-0.1, -0.05) is 51.7 Å². The number of hydrogen-bond donors (Lipinski definition) is 1. The molecule has 1 unspecified atom stereocenters. The molecular weight excluding hydrogens is 188 g/mol. The zero-order valence-corrected chi connectivity index (χ0v) is 10.0. The third kappa shape index (κ3) is 11.1. The van der Waals surface area contributed by atoms with Crippen molar-refractivity contribution in [2.75, 3.05) is 0 Å². The zero-order valence-electron chi connectivity index (χ0n) is 10.0. The van der Waals surface area contributed by atoms with Crippen LogP contribution in [0, 0.1) is 5.92 Å².